The van der Waals surface area contributed by atoms with Crippen molar-refractivity contribution < 1.29 is 42.9 Å². The first-order valence-electron chi connectivity index (χ1n) is 39.8. The predicted molar refractivity (Wildman–Crippen MR) is 421 cm³/mol. The Morgan fingerprint density at radius 3 is 1.10 bits per heavy atom. The number of benzene rings is 2. The molecule has 0 saturated carbocycles. The molecule has 28 heteroatoms. The van der Waals surface area contributed by atoms with Gasteiger partial charge in [-0.1, -0.05) is 223 Å². The number of unbranched alkanes of at least 4 members (excludes halogenated alkanes) is 25. The number of aromatic nitrogens is 11. The first-order chi connectivity index (χ1) is 52.8. The fourth-order valence-electron chi connectivity index (χ4n) is 12.3. The second kappa shape index (κ2) is 45.5. The van der Waals surface area contributed by atoms with Crippen LogP contribution in [0, 0.1) is 31.8 Å². The van der Waals surface area contributed by atoms with Crippen LogP contribution in [0.25, 0.3) is 28.1 Å². The van der Waals surface area contributed by atoms with Gasteiger partial charge in [0.05, 0.1) is 96.0 Å². The van der Waals surface area contributed by atoms with Gasteiger partial charge in [-0.05, 0) is 94.2 Å². The van der Waals surface area contributed by atoms with Crippen molar-refractivity contribution in [2.45, 2.75) is 281 Å². The summed E-state index contributed by atoms with van der Waals surface area (Å²) in [5, 5.41) is 48.8. The molecular weight excluding hydrogens is 1380 g/mol. The molecule has 5 heterocycles. The van der Waals surface area contributed by atoms with Crippen molar-refractivity contribution in [2.24, 2.45) is 20.5 Å². The van der Waals surface area contributed by atoms with Crippen LogP contribution >= 0.6 is 0 Å². The molecule has 0 aliphatic heterocycles. The summed E-state index contributed by atoms with van der Waals surface area (Å²) < 4.78 is 34.6. The highest BCUT2D eigenvalue weighted by Gasteiger charge is 2.29. The van der Waals surface area contributed by atoms with Crippen molar-refractivity contribution >= 4 is 64.2 Å². The van der Waals surface area contributed by atoms with Crippen LogP contribution in [0.2, 0.25) is 0 Å². The van der Waals surface area contributed by atoms with E-state index in [1.54, 1.807) is 13.8 Å². The maximum atomic E-state index is 13.9. The first kappa shape index (κ1) is 86.0. The lowest BCUT2D eigenvalue weighted by Gasteiger charge is -2.12. The normalized spacial score (nSPS) is 11.6. The summed E-state index contributed by atoms with van der Waals surface area (Å²) in [6.45, 7) is 31.0. The monoisotopic (exact) mass is 1500 g/mol. The lowest BCUT2D eigenvalue weighted by atomic mass is 10.1. The third-order valence-electron chi connectivity index (χ3n) is 18.6. The average Bonchev–Trinajstić information content (AvgIpc) is 1.61. The van der Waals surface area contributed by atoms with Crippen LogP contribution in [0.5, 0.6) is 6.01 Å². The van der Waals surface area contributed by atoms with Gasteiger partial charge in [0.2, 0.25) is 0 Å². The maximum absolute atomic E-state index is 13.9. The Morgan fingerprint density at radius 2 is 0.761 bits per heavy atom. The minimum absolute atomic E-state index is 0.0344. The highest BCUT2D eigenvalue weighted by Crippen LogP contribution is 2.41. The molecule has 7 rings (SSSR count). The van der Waals surface area contributed by atoms with E-state index in [0.29, 0.717) is 43.5 Å². The third kappa shape index (κ3) is 25.2. The number of carbonyl (C=O) groups excluding carboxylic acids is 4. The molecule has 0 atom stereocenters. The quantitative estimate of drug-likeness (QED) is 0.0118. The van der Waals surface area contributed by atoms with Gasteiger partial charge in [0, 0.05) is 0 Å². The number of carbonyl (C=O) groups is 4. The highest BCUT2D eigenvalue weighted by atomic mass is 16.5. The maximum Gasteiger partial charge on any atom is 0.338 e. The Balaban J connectivity index is 1.29. The van der Waals surface area contributed by atoms with Gasteiger partial charge in [0.25, 0.3) is 17.6 Å². The number of azo groups is 2. The van der Waals surface area contributed by atoms with E-state index in [9.17, 15) is 24.4 Å². The zero-order valence-corrected chi connectivity index (χ0v) is 66.3. The smallest absolute Gasteiger partial charge is 0.338 e. The Hall–Kier alpha value is -10.2. The second-order valence-electron chi connectivity index (χ2n) is 28.3. The summed E-state index contributed by atoms with van der Waals surface area (Å²) in [6, 6.07) is 11.1. The molecule has 2 aromatic carbocycles. The number of nitrogens with two attached hydrogens (primary N) is 2. The van der Waals surface area contributed by atoms with Gasteiger partial charge in [-0.25, -0.2) is 33.4 Å². The van der Waals surface area contributed by atoms with Crippen molar-refractivity contribution in [3.8, 4) is 35.4 Å². The first-order valence-corrected chi connectivity index (χ1v) is 39.8. The molecule has 28 nitrogen and oxygen atoms in total. The number of nitrogen functional groups attached to an aromatic ring is 2. The minimum atomic E-state index is -0.645. The van der Waals surface area contributed by atoms with E-state index in [-0.39, 0.29) is 154 Å². The van der Waals surface area contributed by atoms with Crippen LogP contribution in [0.4, 0.5) is 40.3 Å². The van der Waals surface area contributed by atoms with E-state index in [2.05, 4.69) is 55.8 Å². The zero-order valence-electron chi connectivity index (χ0n) is 66.3. The number of hydrogen-bond donors (Lipinski definition) is 2. The fourth-order valence-corrected chi connectivity index (χ4v) is 12.3. The number of anilines is 2. The van der Waals surface area contributed by atoms with Crippen LogP contribution in [0.1, 0.15) is 337 Å². The molecule has 0 aliphatic carbocycles. The lowest BCUT2D eigenvalue weighted by Crippen LogP contribution is -2.15. The van der Waals surface area contributed by atoms with Gasteiger partial charge < -0.3 is 35.2 Å². The molecule has 5 aromatic heterocycles. The van der Waals surface area contributed by atoms with Gasteiger partial charge in [0.1, 0.15) is 11.6 Å². The van der Waals surface area contributed by atoms with Crippen LogP contribution in [0.15, 0.2) is 56.9 Å². The molecule has 0 bridgehead atoms. The topological polar surface area (TPSA) is 354 Å². The van der Waals surface area contributed by atoms with E-state index in [1.165, 1.54) is 55.1 Å². The molecule has 4 N–H and O–H groups in total. The molecule has 0 saturated heterocycles. The summed E-state index contributed by atoms with van der Waals surface area (Å²) >= 11 is 0. The summed E-state index contributed by atoms with van der Waals surface area (Å²) in [6.07, 6.45) is 29.8. The average molecular weight is 1500 g/mol. The van der Waals surface area contributed by atoms with Crippen molar-refractivity contribution in [1.29, 1.82) is 5.26 Å². The van der Waals surface area contributed by atoms with Crippen LogP contribution in [-0.2, 0) is 18.9 Å². The molecule has 0 amide bonds. The number of nitriles is 1. The molecule has 0 radical (unpaired) electrons. The van der Waals surface area contributed by atoms with E-state index in [1.807, 2.05) is 27.7 Å². The third-order valence-corrected chi connectivity index (χ3v) is 18.6. The number of nitrogens with zero attached hydrogens (tertiary/aromatic N) is 17. The van der Waals surface area contributed by atoms with Crippen molar-refractivity contribution in [3.05, 3.63) is 98.4 Å². The Morgan fingerprint density at radius 1 is 0.440 bits per heavy atom. The van der Waals surface area contributed by atoms with Gasteiger partial charge in [-0.3, -0.25) is 0 Å². The number of aryl methyl sites for hydroxylation is 2. The van der Waals surface area contributed by atoms with Crippen LogP contribution in [0.3, 0.4) is 0 Å². The largest absolute Gasteiger partial charge is 0.463 e. The molecule has 7 aromatic rings. The van der Waals surface area contributed by atoms with Crippen LogP contribution in [-0.4, -0.2) is 111 Å². The summed E-state index contributed by atoms with van der Waals surface area (Å²) in [5.41, 5.74) is 16.5. The van der Waals surface area contributed by atoms with Gasteiger partial charge in [-0.2, -0.15) is 50.0 Å². The summed E-state index contributed by atoms with van der Waals surface area (Å²) in [7, 11) is 0. The number of hydrogen-bond acceptors (Lipinski definition) is 23. The molecule has 588 valence electrons. The predicted octanol–water partition coefficient (Wildman–Crippen LogP) is 20.7. The van der Waals surface area contributed by atoms with Gasteiger partial charge in [-0.15, -0.1) is 20.5 Å². The summed E-state index contributed by atoms with van der Waals surface area (Å²) in [5.74, 6) is -3.72. The standard InChI is InChI=1S/C81H115N19O9/c1-13-18-23-28-33-38-43-105-75(101)59-48-60(76(102)106-44-39-34-29-24-19-14-2)51-63(50-59)97-73(65(54-82)57(10)93-97)91-89-69-66(55(6)7)95-99(71(69)83)79-86-80(88-81(87-79)109-47-42-37-32-27-22-17-5)100-72(84)70(67(96-100)56(8)9)90-92-74-68(85-12)58(11)94-98(74)64-52-61(77(103)107-45-40-35-30-25-20-15-3)49-62(53-64)78(104)108-46-41-36-31-26-21-16-4/h48-53,55-56H,13-47,83-84H2,1-11H3. The Labute approximate surface area is 642 Å². The van der Waals surface area contributed by atoms with Crippen molar-refractivity contribution in [3.63, 3.8) is 0 Å². The molecule has 109 heavy (non-hydrogen) atoms. The Kier molecular flexibility index (Phi) is 35.9. The van der Waals surface area contributed by atoms with Crippen molar-refractivity contribution in [2.75, 3.05) is 44.5 Å². The van der Waals surface area contributed by atoms with Gasteiger partial charge >= 0.3 is 29.9 Å². The van der Waals surface area contributed by atoms with Crippen LogP contribution < -0.4 is 16.2 Å². The zero-order chi connectivity index (χ0) is 78.6. The molecular formula is C81H115N19O9. The Bertz CT molecular complexity index is 3890. The molecule has 0 spiro atoms. The fraction of sp³-hybridized carbons (Fsp3) is 0.593. The lowest BCUT2D eigenvalue weighted by molar-refractivity contribution is 0.0477. The second-order valence-corrected chi connectivity index (χ2v) is 28.3. The van der Waals surface area contributed by atoms with E-state index < -0.39 is 23.9 Å². The van der Waals surface area contributed by atoms with Crippen molar-refractivity contribution in [1.82, 2.24) is 54.1 Å². The molecule has 0 aliphatic rings. The summed E-state index contributed by atoms with van der Waals surface area (Å²) in [4.78, 5) is 73.8. The number of ether oxygens (including phenoxy) is 5. The van der Waals surface area contributed by atoms with Gasteiger partial charge in [0.15, 0.2) is 34.6 Å². The number of rotatable bonds is 50. The van der Waals surface area contributed by atoms with E-state index in [4.69, 9.17) is 87.3 Å². The molecule has 0 fully saturated rings. The van der Waals surface area contributed by atoms with E-state index >= 15 is 0 Å². The number of esters is 4. The minimum Gasteiger partial charge on any atom is -0.463 e. The molecule has 0 unspecified atom stereocenters. The SMILES string of the molecule is [C-]#[N+]c1c(C)nn(-c2cc(C(=O)OCCCCCCCC)cc(C(=O)OCCCCCCCC)c2)c1N=Nc1c(C(C)C)nn(-c2nc(OCCCCCCCC)nc(-n3nc(C(C)C)c(N=Nc4c(C#N)c(C)nn4-c4cc(C(=O)OCCCCCCCC)cc(C(=O)OCCCCCCCC)c4)c3N)n2)c1N. The van der Waals surface area contributed by atoms with E-state index in [0.717, 1.165) is 161 Å². The highest BCUT2D eigenvalue weighted by molar-refractivity contribution is 5.97.